The van der Waals surface area contributed by atoms with E-state index in [1.54, 1.807) is 6.20 Å². The molecule has 120 valence electrons. The van der Waals surface area contributed by atoms with E-state index in [4.69, 9.17) is 4.74 Å². The number of alkyl carbamates (subject to hydrolysis) is 1. The van der Waals surface area contributed by atoms with E-state index in [-0.39, 0.29) is 6.04 Å². The van der Waals surface area contributed by atoms with Crippen molar-refractivity contribution in [3.05, 3.63) is 18.2 Å². The molecule has 0 aliphatic heterocycles. The normalized spacial score (nSPS) is 14.9. The monoisotopic (exact) mass is 295 g/mol. The predicted octanol–water partition coefficient (Wildman–Crippen LogP) is 4.08. The Kier molecular flexibility index (Phi) is 5.81. The Morgan fingerprint density at radius 3 is 2.48 bits per heavy atom. The topological polar surface area (TPSA) is 56.2 Å². The van der Waals surface area contributed by atoms with Gasteiger partial charge in [-0.25, -0.2) is 9.78 Å². The molecule has 5 heteroatoms. The summed E-state index contributed by atoms with van der Waals surface area (Å²) in [6, 6.07) is 0.211. The van der Waals surface area contributed by atoms with Crippen molar-refractivity contribution in [1.29, 1.82) is 0 Å². The molecule has 0 saturated carbocycles. The third-order valence-electron chi connectivity index (χ3n) is 3.16. The molecular weight excluding hydrogens is 266 g/mol. The predicted molar refractivity (Wildman–Crippen MR) is 84.2 cm³/mol. The highest BCUT2D eigenvalue weighted by Crippen LogP contribution is 2.22. The van der Waals surface area contributed by atoms with Crippen LogP contribution in [0, 0.1) is 5.92 Å². The quantitative estimate of drug-likeness (QED) is 0.890. The van der Waals surface area contributed by atoms with Crippen molar-refractivity contribution in [3.63, 3.8) is 0 Å². The molecule has 5 nitrogen and oxygen atoms in total. The number of ether oxygens (including phenoxy) is 1. The average molecular weight is 295 g/mol. The van der Waals surface area contributed by atoms with Gasteiger partial charge in [-0.2, -0.15) is 0 Å². The van der Waals surface area contributed by atoms with Crippen molar-refractivity contribution in [3.8, 4) is 0 Å². The summed E-state index contributed by atoms with van der Waals surface area (Å²) in [6.07, 6.45) is 4.30. The molecule has 0 aromatic carbocycles. The van der Waals surface area contributed by atoms with Crippen LogP contribution in [0.3, 0.4) is 0 Å². The number of nitrogens with zero attached hydrogens (tertiary/aromatic N) is 2. The molecule has 2 atom stereocenters. The van der Waals surface area contributed by atoms with E-state index in [0.717, 1.165) is 12.1 Å². The minimum atomic E-state index is -0.491. The second-order valence-electron chi connectivity index (χ2n) is 7.07. The highest BCUT2D eigenvalue weighted by atomic mass is 16.6. The van der Waals surface area contributed by atoms with Crippen LogP contribution < -0.4 is 5.32 Å². The van der Waals surface area contributed by atoms with Gasteiger partial charge in [-0.05, 0) is 47.0 Å². The van der Waals surface area contributed by atoms with Crippen molar-refractivity contribution in [2.24, 2.45) is 5.92 Å². The van der Waals surface area contributed by atoms with Gasteiger partial charge in [0.1, 0.15) is 5.60 Å². The number of rotatable bonds is 5. The summed E-state index contributed by atoms with van der Waals surface area (Å²) in [5, 5.41) is 2.87. The van der Waals surface area contributed by atoms with Gasteiger partial charge in [-0.3, -0.25) is 0 Å². The fourth-order valence-corrected chi connectivity index (χ4v) is 2.37. The minimum Gasteiger partial charge on any atom is -0.444 e. The maximum Gasteiger partial charge on any atom is 0.408 e. The summed E-state index contributed by atoms with van der Waals surface area (Å²) >= 11 is 0. The molecule has 0 radical (unpaired) electrons. The average Bonchev–Trinajstić information content (AvgIpc) is 2.73. The molecule has 0 saturated heterocycles. The molecule has 0 bridgehead atoms. The van der Waals surface area contributed by atoms with Gasteiger partial charge >= 0.3 is 6.09 Å². The molecule has 1 unspecified atom stereocenters. The Morgan fingerprint density at radius 2 is 1.95 bits per heavy atom. The van der Waals surface area contributed by atoms with E-state index in [9.17, 15) is 4.79 Å². The molecule has 1 amide bonds. The number of imidazole rings is 1. The van der Waals surface area contributed by atoms with Crippen LogP contribution in [0.5, 0.6) is 0 Å². The number of nitrogens with one attached hydrogen (secondary N) is 1. The summed E-state index contributed by atoms with van der Waals surface area (Å²) < 4.78 is 7.42. The number of carbonyl (C=O) groups excluding carboxylic acids is 1. The van der Waals surface area contributed by atoms with Crippen LogP contribution in [0.25, 0.3) is 0 Å². The van der Waals surface area contributed by atoms with Gasteiger partial charge in [0.15, 0.2) is 0 Å². The van der Waals surface area contributed by atoms with Crippen molar-refractivity contribution in [1.82, 2.24) is 14.9 Å². The lowest BCUT2D eigenvalue weighted by atomic mass is 10.0. The van der Waals surface area contributed by atoms with Crippen LogP contribution >= 0.6 is 0 Å². The molecule has 1 rings (SSSR count). The van der Waals surface area contributed by atoms with Crippen LogP contribution in [0.15, 0.2) is 12.5 Å². The first-order valence-corrected chi connectivity index (χ1v) is 7.61. The minimum absolute atomic E-state index is 0.142. The fourth-order valence-electron chi connectivity index (χ4n) is 2.37. The second-order valence-corrected chi connectivity index (χ2v) is 7.07. The maximum atomic E-state index is 11.9. The molecule has 1 aromatic rings. The molecular formula is C16H29N3O2. The molecule has 0 fully saturated rings. The zero-order chi connectivity index (χ0) is 16.2. The summed E-state index contributed by atoms with van der Waals surface area (Å²) in [6.45, 7) is 14.1. The van der Waals surface area contributed by atoms with Crippen molar-refractivity contribution >= 4 is 6.09 Å². The molecule has 0 aliphatic rings. The largest absolute Gasteiger partial charge is 0.444 e. The number of carbonyl (C=O) groups is 1. The van der Waals surface area contributed by atoms with Crippen LogP contribution in [-0.2, 0) is 4.74 Å². The Labute approximate surface area is 128 Å². The third kappa shape index (κ3) is 5.78. The van der Waals surface area contributed by atoms with Gasteiger partial charge in [-0.15, -0.1) is 0 Å². The number of amides is 1. The van der Waals surface area contributed by atoms with E-state index in [1.807, 2.05) is 34.0 Å². The highest BCUT2D eigenvalue weighted by molar-refractivity contribution is 5.68. The standard InChI is InChI=1S/C16H29N3O2/c1-11(2)8-12(3)19-10-17-9-14(19)13(4)18-15(20)21-16(5,6)7/h9-13H,8H2,1-7H3,(H,18,20)/t12?,13-/m0/s1. The summed E-state index contributed by atoms with van der Waals surface area (Å²) in [4.78, 5) is 16.1. The van der Waals surface area contributed by atoms with Crippen LogP contribution in [-0.4, -0.2) is 21.2 Å². The Morgan fingerprint density at radius 1 is 1.33 bits per heavy atom. The first-order chi connectivity index (χ1) is 9.60. The van der Waals surface area contributed by atoms with Crippen molar-refractivity contribution in [2.75, 3.05) is 0 Å². The van der Waals surface area contributed by atoms with Gasteiger partial charge in [0.2, 0.25) is 0 Å². The van der Waals surface area contributed by atoms with E-state index >= 15 is 0 Å². The van der Waals surface area contributed by atoms with Crippen LogP contribution in [0.2, 0.25) is 0 Å². The Hall–Kier alpha value is -1.52. The maximum absolute atomic E-state index is 11.9. The van der Waals surface area contributed by atoms with E-state index < -0.39 is 11.7 Å². The number of hydrogen-bond donors (Lipinski definition) is 1. The highest BCUT2D eigenvalue weighted by Gasteiger charge is 2.21. The lowest BCUT2D eigenvalue weighted by Gasteiger charge is -2.24. The van der Waals surface area contributed by atoms with Crippen molar-refractivity contribution < 1.29 is 9.53 Å². The Bertz CT molecular complexity index is 460. The fraction of sp³-hybridized carbons (Fsp3) is 0.750. The smallest absolute Gasteiger partial charge is 0.408 e. The molecule has 1 N–H and O–H groups in total. The van der Waals surface area contributed by atoms with Gasteiger partial charge in [0.25, 0.3) is 0 Å². The lowest BCUT2D eigenvalue weighted by molar-refractivity contribution is 0.0505. The van der Waals surface area contributed by atoms with Crippen LogP contribution in [0.4, 0.5) is 4.79 Å². The zero-order valence-corrected chi connectivity index (χ0v) is 14.3. The molecule has 0 aliphatic carbocycles. The van der Waals surface area contributed by atoms with E-state index in [1.165, 1.54) is 0 Å². The third-order valence-corrected chi connectivity index (χ3v) is 3.16. The first kappa shape index (κ1) is 17.5. The Balaban J connectivity index is 2.73. The number of hydrogen-bond acceptors (Lipinski definition) is 3. The van der Waals surface area contributed by atoms with Gasteiger partial charge < -0.3 is 14.6 Å². The van der Waals surface area contributed by atoms with Crippen molar-refractivity contribution in [2.45, 2.75) is 72.6 Å². The SMILES string of the molecule is CC(C)CC(C)n1cncc1[C@H](C)NC(=O)OC(C)(C)C. The molecule has 1 aromatic heterocycles. The van der Waals surface area contributed by atoms with Gasteiger partial charge in [0.05, 0.1) is 24.3 Å². The summed E-state index contributed by atoms with van der Waals surface area (Å²) in [5.74, 6) is 0.615. The summed E-state index contributed by atoms with van der Waals surface area (Å²) in [7, 11) is 0. The zero-order valence-electron chi connectivity index (χ0n) is 14.3. The van der Waals surface area contributed by atoms with Gasteiger partial charge in [-0.1, -0.05) is 13.8 Å². The van der Waals surface area contributed by atoms with Crippen LogP contribution in [0.1, 0.15) is 72.7 Å². The van der Waals surface area contributed by atoms with Gasteiger partial charge in [0, 0.05) is 6.04 Å². The van der Waals surface area contributed by atoms with E-state index in [2.05, 4.69) is 35.6 Å². The molecule has 21 heavy (non-hydrogen) atoms. The lowest BCUT2D eigenvalue weighted by Crippen LogP contribution is -2.34. The molecule has 0 spiro atoms. The second kappa shape index (κ2) is 6.96. The number of aromatic nitrogens is 2. The first-order valence-electron chi connectivity index (χ1n) is 7.61. The summed E-state index contributed by atoms with van der Waals surface area (Å²) in [5.41, 5.74) is 0.503. The molecule has 1 heterocycles. The van der Waals surface area contributed by atoms with E-state index in [0.29, 0.717) is 12.0 Å².